The number of nitrogens with zero attached hydrogens (tertiary/aromatic N) is 5. The van der Waals surface area contributed by atoms with Crippen LogP contribution in [0.4, 0.5) is 36.6 Å². The molecule has 3 heterocycles. The Hall–Kier alpha value is -4.75. The molecule has 5 rings (SSSR count). The third-order valence-corrected chi connectivity index (χ3v) is 5.54. The summed E-state index contributed by atoms with van der Waals surface area (Å²) in [6, 6.07) is 10.8. The highest BCUT2D eigenvalue weighted by molar-refractivity contribution is 6.07. The van der Waals surface area contributed by atoms with Crippen molar-refractivity contribution >= 4 is 17.4 Å². The van der Waals surface area contributed by atoms with E-state index in [1.54, 1.807) is 30.3 Å². The third kappa shape index (κ3) is 4.33. The Morgan fingerprint density at radius 2 is 1.58 bits per heavy atom. The Bertz CT molecular complexity index is 1650. The Morgan fingerprint density at radius 1 is 0.921 bits per heavy atom. The average molecular weight is 534 g/mol. The highest BCUT2D eigenvalue weighted by Crippen LogP contribution is 2.27. The van der Waals surface area contributed by atoms with Crippen LogP contribution in [0.15, 0.2) is 54.9 Å². The second-order valence-corrected chi connectivity index (χ2v) is 7.93. The molecule has 0 fully saturated rings. The summed E-state index contributed by atoms with van der Waals surface area (Å²) >= 11 is 0. The Kier molecular flexibility index (Phi) is 6.30. The van der Waals surface area contributed by atoms with Crippen LogP contribution in [-0.4, -0.2) is 30.3 Å². The molecule has 7 nitrogen and oxygen atoms in total. The summed E-state index contributed by atoms with van der Waals surface area (Å²) in [5.41, 5.74) is -1.27. The van der Waals surface area contributed by atoms with E-state index < -0.39 is 59.2 Å². The van der Waals surface area contributed by atoms with E-state index in [1.807, 2.05) is 0 Å². The first-order valence-electron chi connectivity index (χ1n) is 10.7. The van der Waals surface area contributed by atoms with Crippen molar-refractivity contribution in [2.75, 3.05) is 5.32 Å². The van der Waals surface area contributed by atoms with Gasteiger partial charge in [-0.05, 0) is 6.07 Å². The SMILES string of the molecule is O=C(Nc1ccn(Cc2c(F)c(F)c(F)c(F)c2F)n1)c1cnn2c(C(F)F)cc(-c3ccccc3)nc12. The van der Waals surface area contributed by atoms with Gasteiger partial charge < -0.3 is 5.32 Å². The van der Waals surface area contributed by atoms with E-state index in [-0.39, 0.29) is 22.7 Å². The third-order valence-electron chi connectivity index (χ3n) is 5.54. The topological polar surface area (TPSA) is 77.1 Å². The highest BCUT2D eigenvalue weighted by Gasteiger charge is 2.26. The molecule has 0 unspecified atom stereocenters. The van der Waals surface area contributed by atoms with Gasteiger partial charge in [-0.25, -0.2) is 40.2 Å². The maximum Gasteiger partial charge on any atom is 0.280 e. The Balaban J connectivity index is 1.44. The molecule has 0 aliphatic rings. The van der Waals surface area contributed by atoms with Crippen LogP contribution in [0.3, 0.4) is 0 Å². The quantitative estimate of drug-likeness (QED) is 0.177. The summed E-state index contributed by atoms with van der Waals surface area (Å²) in [4.78, 5) is 17.2. The van der Waals surface area contributed by atoms with Gasteiger partial charge in [0.1, 0.15) is 11.3 Å². The lowest BCUT2D eigenvalue weighted by molar-refractivity contribution is 0.102. The largest absolute Gasteiger partial charge is 0.305 e. The van der Waals surface area contributed by atoms with Gasteiger partial charge in [0.25, 0.3) is 12.3 Å². The fourth-order valence-corrected chi connectivity index (χ4v) is 3.71. The van der Waals surface area contributed by atoms with Gasteiger partial charge in [-0.2, -0.15) is 10.2 Å². The summed E-state index contributed by atoms with van der Waals surface area (Å²) in [5, 5.41) is 10.1. The number of carbonyl (C=O) groups excluding carboxylic acids is 1. The van der Waals surface area contributed by atoms with E-state index in [0.717, 1.165) is 27.7 Å². The van der Waals surface area contributed by atoms with Crippen molar-refractivity contribution < 1.29 is 35.5 Å². The number of amides is 1. The molecule has 0 radical (unpaired) electrons. The number of carbonyl (C=O) groups is 1. The van der Waals surface area contributed by atoms with Gasteiger partial charge in [0.15, 0.2) is 34.7 Å². The van der Waals surface area contributed by atoms with Gasteiger partial charge in [0.2, 0.25) is 5.82 Å². The van der Waals surface area contributed by atoms with Crippen LogP contribution in [0.25, 0.3) is 16.9 Å². The zero-order valence-corrected chi connectivity index (χ0v) is 18.8. The minimum atomic E-state index is -2.93. The van der Waals surface area contributed by atoms with Crippen LogP contribution >= 0.6 is 0 Å². The molecule has 0 aliphatic heterocycles. The van der Waals surface area contributed by atoms with Crippen LogP contribution in [-0.2, 0) is 6.54 Å². The summed E-state index contributed by atoms with van der Waals surface area (Å²) < 4.78 is 97.3. The van der Waals surface area contributed by atoms with Crippen molar-refractivity contribution in [3.63, 3.8) is 0 Å². The number of nitrogens with one attached hydrogen (secondary N) is 1. The van der Waals surface area contributed by atoms with Gasteiger partial charge in [-0.15, -0.1) is 0 Å². The average Bonchev–Trinajstić information content (AvgIpc) is 3.55. The molecule has 194 valence electrons. The van der Waals surface area contributed by atoms with Gasteiger partial charge >= 0.3 is 0 Å². The molecule has 0 atom stereocenters. The normalized spacial score (nSPS) is 11.5. The lowest BCUT2D eigenvalue weighted by Gasteiger charge is -2.09. The van der Waals surface area contributed by atoms with E-state index in [1.165, 1.54) is 6.07 Å². The number of hydrogen-bond donors (Lipinski definition) is 1. The molecule has 0 saturated heterocycles. The number of halogens is 7. The van der Waals surface area contributed by atoms with E-state index in [2.05, 4.69) is 20.5 Å². The zero-order chi connectivity index (χ0) is 27.1. The minimum absolute atomic E-state index is 0.161. The van der Waals surface area contributed by atoms with Crippen molar-refractivity contribution in [3.8, 4) is 11.3 Å². The van der Waals surface area contributed by atoms with Crippen LogP contribution in [0.2, 0.25) is 0 Å². The molecule has 0 spiro atoms. The highest BCUT2D eigenvalue weighted by atomic mass is 19.3. The predicted molar refractivity (Wildman–Crippen MR) is 119 cm³/mol. The van der Waals surface area contributed by atoms with Crippen LogP contribution in [0, 0.1) is 29.1 Å². The molecular formula is C24H13F7N6O. The van der Waals surface area contributed by atoms with Crippen molar-refractivity contribution in [1.82, 2.24) is 24.4 Å². The first kappa shape index (κ1) is 24.9. The number of anilines is 1. The molecule has 0 aliphatic carbocycles. The molecule has 5 aromatic rings. The zero-order valence-electron chi connectivity index (χ0n) is 18.8. The van der Waals surface area contributed by atoms with Crippen molar-refractivity contribution in [2.45, 2.75) is 13.0 Å². The lowest BCUT2D eigenvalue weighted by Crippen LogP contribution is -2.14. The van der Waals surface area contributed by atoms with E-state index in [0.29, 0.717) is 5.56 Å². The van der Waals surface area contributed by atoms with E-state index in [4.69, 9.17) is 0 Å². The molecule has 1 N–H and O–H groups in total. The van der Waals surface area contributed by atoms with Gasteiger partial charge in [-0.3, -0.25) is 9.48 Å². The molecule has 14 heteroatoms. The second-order valence-electron chi connectivity index (χ2n) is 7.93. The second kappa shape index (κ2) is 9.61. The van der Waals surface area contributed by atoms with Crippen LogP contribution in [0.1, 0.15) is 28.0 Å². The number of benzene rings is 2. The molecule has 1 amide bonds. The summed E-state index contributed by atoms with van der Waals surface area (Å²) in [5.74, 6) is -11.5. The maximum atomic E-state index is 14.0. The number of fused-ring (bicyclic) bond motifs is 1. The summed E-state index contributed by atoms with van der Waals surface area (Å²) in [6.07, 6.45) is -0.773. The van der Waals surface area contributed by atoms with E-state index in [9.17, 15) is 35.5 Å². The summed E-state index contributed by atoms with van der Waals surface area (Å²) in [7, 11) is 0. The summed E-state index contributed by atoms with van der Waals surface area (Å²) in [6.45, 7) is -0.835. The van der Waals surface area contributed by atoms with E-state index >= 15 is 0 Å². The Labute approximate surface area is 208 Å². The maximum absolute atomic E-state index is 14.0. The smallest absolute Gasteiger partial charge is 0.280 e. The number of hydrogen-bond acceptors (Lipinski definition) is 4. The predicted octanol–water partition coefficient (Wildman–Crippen LogP) is 5.53. The molecule has 38 heavy (non-hydrogen) atoms. The molecular weight excluding hydrogens is 521 g/mol. The number of aromatic nitrogens is 5. The van der Waals surface area contributed by atoms with Gasteiger partial charge in [0, 0.05) is 17.8 Å². The Morgan fingerprint density at radius 3 is 2.24 bits per heavy atom. The fraction of sp³-hybridized carbons (Fsp3) is 0.0833. The number of rotatable bonds is 6. The monoisotopic (exact) mass is 534 g/mol. The van der Waals surface area contributed by atoms with Gasteiger partial charge in [-0.1, -0.05) is 30.3 Å². The van der Waals surface area contributed by atoms with Gasteiger partial charge in [0.05, 0.1) is 24.0 Å². The molecule has 0 saturated carbocycles. The first-order valence-corrected chi connectivity index (χ1v) is 10.7. The standard InChI is InChI=1S/C24H13F7N6O/c25-17-13(18(26)20(28)21(29)19(17)27)10-36-7-6-16(35-36)34-24(38)12-9-32-37-15(22(30)31)8-14(33-23(12)37)11-4-2-1-3-5-11/h1-9,22H,10H2,(H,34,35,38). The molecule has 2 aromatic carbocycles. The van der Waals surface area contributed by atoms with Crippen molar-refractivity contribution in [2.24, 2.45) is 0 Å². The first-order chi connectivity index (χ1) is 18.2. The van der Waals surface area contributed by atoms with Crippen LogP contribution in [0.5, 0.6) is 0 Å². The van der Waals surface area contributed by atoms with Crippen molar-refractivity contribution in [3.05, 3.63) is 101 Å². The van der Waals surface area contributed by atoms with Crippen LogP contribution < -0.4 is 5.32 Å². The van der Waals surface area contributed by atoms with Crippen molar-refractivity contribution in [1.29, 1.82) is 0 Å². The fourth-order valence-electron chi connectivity index (χ4n) is 3.71. The lowest BCUT2D eigenvalue weighted by atomic mass is 10.1. The number of alkyl halides is 2. The molecule has 3 aromatic heterocycles. The minimum Gasteiger partial charge on any atom is -0.305 e. The molecule has 0 bridgehead atoms.